The first kappa shape index (κ1) is 31.1. The first-order chi connectivity index (χ1) is 20.0. The summed E-state index contributed by atoms with van der Waals surface area (Å²) in [7, 11) is 0. The Kier molecular flexibility index (Phi) is 9.97. The smallest absolute Gasteiger partial charge is 0.475 e. The second-order valence-corrected chi connectivity index (χ2v) is 11.5. The topological polar surface area (TPSA) is 128 Å². The van der Waals surface area contributed by atoms with E-state index in [0.29, 0.717) is 28.1 Å². The van der Waals surface area contributed by atoms with Gasteiger partial charge < -0.3 is 20.6 Å². The first-order valence-electron chi connectivity index (χ1n) is 13.7. The SMILES string of the molecule is O=C(O)C(F)(F)F.[C-]#[N+]c1c(N2CCC(N3CCCC3)CC2)nc(SC(C(N)=O)c2ccccc2)c(C#N)c1C1CC1. The molecular formula is C29H31F3N6O3S. The number of rotatable bonds is 7. The average molecular weight is 601 g/mol. The molecule has 5 rings (SSSR count). The number of aromatic nitrogens is 1. The second kappa shape index (κ2) is 13.4. The highest BCUT2D eigenvalue weighted by Gasteiger charge is 2.38. The molecule has 1 saturated carbocycles. The van der Waals surface area contributed by atoms with Crippen LogP contribution in [-0.4, -0.2) is 65.3 Å². The lowest BCUT2D eigenvalue weighted by Gasteiger charge is -2.38. The molecular weight excluding hydrogens is 569 g/mol. The van der Waals surface area contributed by atoms with Gasteiger partial charge in [-0.1, -0.05) is 42.1 Å². The average Bonchev–Trinajstić information content (AvgIpc) is 3.67. The standard InChI is InChI=1S/C27H30N6OS.C2HF3O2/c1-30-23-22(18-9-10-18)21(17-28)27(35-24(25(29)34)19-7-3-2-4-8-19)31-26(23)33-15-11-20(12-16-33)32-13-5-6-14-32;3-2(4,5)1(6)7/h2-4,7-8,18,20,24H,5-6,9-16H2,(H2,29,34);(H,6,7). The van der Waals surface area contributed by atoms with Crippen LogP contribution < -0.4 is 10.6 Å². The fraction of sp³-hybridized carbons (Fsp3) is 0.483. The van der Waals surface area contributed by atoms with Crippen LogP contribution in [0.15, 0.2) is 35.4 Å². The number of piperidine rings is 1. The van der Waals surface area contributed by atoms with Gasteiger partial charge in [-0.2, -0.15) is 18.4 Å². The summed E-state index contributed by atoms with van der Waals surface area (Å²) in [5.41, 5.74) is 8.34. The van der Waals surface area contributed by atoms with Gasteiger partial charge in [0.05, 0.1) is 12.1 Å². The molecule has 3 fully saturated rings. The first-order valence-corrected chi connectivity index (χ1v) is 14.6. The maximum Gasteiger partial charge on any atom is 0.490 e. The van der Waals surface area contributed by atoms with Crippen molar-refractivity contribution in [1.29, 1.82) is 5.26 Å². The van der Waals surface area contributed by atoms with E-state index in [-0.39, 0.29) is 5.92 Å². The second-order valence-electron chi connectivity index (χ2n) is 10.5. The molecule has 1 unspecified atom stereocenters. The summed E-state index contributed by atoms with van der Waals surface area (Å²) in [5, 5.41) is 17.1. The van der Waals surface area contributed by atoms with E-state index in [0.717, 1.165) is 49.9 Å². The molecule has 2 aromatic rings. The number of nitriles is 1. The summed E-state index contributed by atoms with van der Waals surface area (Å²) < 4.78 is 31.7. The zero-order valence-corrected chi connectivity index (χ0v) is 23.6. The molecule has 1 aromatic carbocycles. The minimum absolute atomic E-state index is 0.209. The molecule has 3 heterocycles. The third-order valence-electron chi connectivity index (χ3n) is 7.62. The molecule has 0 bridgehead atoms. The number of anilines is 1. The fourth-order valence-electron chi connectivity index (χ4n) is 5.43. The number of benzene rings is 1. The number of hydrogen-bond acceptors (Lipinski definition) is 7. The van der Waals surface area contributed by atoms with E-state index in [1.807, 2.05) is 30.3 Å². The number of carboxylic acids is 1. The van der Waals surface area contributed by atoms with Crippen LogP contribution in [0.25, 0.3) is 4.85 Å². The zero-order chi connectivity index (χ0) is 30.4. The summed E-state index contributed by atoms with van der Waals surface area (Å²) >= 11 is 1.23. The lowest BCUT2D eigenvalue weighted by atomic mass is 10.0. The maximum absolute atomic E-state index is 12.4. The number of aliphatic carboxylic acids is 1. The Morgan fingerprint density at radius 2 is 1.71 bits per heavy atom. The highest BCUT2D eigenvalue weighted by atomic mass is 32.2. The molecule has 13 heteroatoms. The van der Waals surface area contributed by atoms with E-state index >= 15 is 0 Å². The van der Waals surface area contributed by atoms with Crippen LogP contribution >= 0.6 is 11.8 Å². The molecule has 3 N–H and O–H groups in total. The van der Waals surface area contributed by atoms with Crippen LogP contribution in [0, 0.1) is 17.9 Å². The Morgan fingerprint density at radius 3 is 2.19 bits per heavy atom. The van der Waals surface area contributed by atoms with Crippen LogP contribution in [0.1, 0.15) is 66.4 Å². The summed E-state index contributed by atoms with van der Waals surface area (Å²) in [6.07, 6.45) is 1.53. The molecule has 0 radical (unpaired) electrons. The number of primary amides is 1. The van der Waals surface area contributed by atoms with Gasteiger partial charge in [0.2, 0.25) is 11.6 Å². The van der Waals surface area contributed by atoms with Crippen molar-refractivity contribution in [3.05, 3.63) is 58.4 Å². The van der Waals surface area contributed by atoms with E-state index in [2.05, 4.69) is 20.7 Å². The van der Waals surface area contributed by atoms with E-state index in [4.69, 9.17) is 27.2 Å². The summed E-state index contributed by atoms with van der Waals surface area (Å²) in [6, 6.07) is 12.3. The number of pyridine rings is 1. The number of carbonyl (C=O) groups excluding carboxylic acids is 1. The lowest BCUT2D eigenvalue weighted by molar-refractivity contribution is -0.192. The molecule has 222 valence electrons. The molecule has 9 nitrogen and oxygen atoms in total. The van der Waals surface area contributed by atoms with Gasteiger partial charge in [0, 0.05) is 19.1 Å². The van der Waals surface area contributed by atoms with Crippen LogP contribution in [0.4, 0.5) is 24.7 Å². The molecule has 42 heavy (non-hydrogen) atoms. The maximum atomic E-state index is 12.4. The quantitative estimate of drug-likeness (QED) is 0.320. The summed E-state index contributed by atoms with van der Waals surface area (Å²) in [4.78, 5) is 35.0. The molecule has 2 saturated heterocycles. The molecule has 2 aliphatic heterocycles. The molecule has 1 amide bonds. The van der Waals surface area contributed by atoms with Gasteiger partial charge in [-0.05, 0) is 68.7 Å². The van der Waals surface area contributed by atoms with Gasteiger partial charge >= 0.3 is 12.1 Å². The van der Waals surface area contributed by atoms with Gasteiger partial charge in [-0.25, -0.2) is 14.6 Å². The Labute approximate surface area is 246 Å². The normalized spacial score (nSPS) is 18.4. The number of carboxylic acid groups (broad SMARTS) is 1. The van der Waals surface area contributed by atoms with Gasteiger partial charge in [-0.15, -0.1) is 0 Å². The lowest BCUT2D eigenvalue weighted by Crippen LogP contribution is -2.44. The number of likely N-dealkylation sites (tertiary alicyclic amines) is 1. The van der Waals surface area contributed by atoms with Crippen LogP contribution in [0.2, 0.25) is 0 Å². The number of amides is 1. The third kappa shape index (κ3) is 7.33. The van der Waals surface area contributed by atoms with Crippen molar-refractivity contribution in [2.45, 2.75) is 66.9 Å². The van der Waals surface area contributed by atoms with E-state index < -0.39 is 23.3 Å². The Balaban J connectivity index is 0.000000517. The third-order valence-corrected chi connectivity index (χ3v) is 8.88. The number of halogens is 3. The van der Waals surface area contributed by atoms with E-state index in [9.17, 15) is 23.2 Å². The van der Waals surface area contributed by atoms with Crippen molar-refractivity contribution in [2.75, 3.05) is 31.1 Å². The van der Waals surface area contributed by atoms with Crippen molar-refractivity contribution in [3.8, 4) is 6.07 Å². The number of alkyl halides is 3. The summed E-state index contributed by atoms with van der Waals surface area (Å²) in [5.74, 6) is -2.35. The number of nitrogens with two attached hydrogens (primary N) is 1. The highest BCUT2D eigenvalue weighted by Crippen LogP contribution is 2.52. The largest absolute Gasteiger partial charge is 0.490 e. The van der Waals surface area contributed by atoms with Gasteiger partial charge in [0.25, 0.3) is 0 Å². The monoisotopic (exact) mass is 600 g/mol. The minimum atomic E-state index is -5.08. The molecule has 1 atom stereocenters. The van der Waals surface area contributed by atoms with Crippen molar-refractivity contribution in [2.24, 2.45) is 5.73 Å². The van der Waals surface area contributed by atoms with Crippen molar-refractivity contribution >= 4 is 35.1 Å². The van der Waals surface area contributed by atoms with Crippen molar-refractivity contribution in [1.82, 2.24) is 9.88 Å². The van der Waals surface area contributed by atoms with Crippen LogP contribution in [0.5, 0.6) is 0 Å². The number of thioether (sulfide) groups is 1. The number of nitrogens with zero attached hydrogens (tertiary/aromatic N) is 5. The summed E-state index contributed by atoms with van der Waals surface area (Å²) in [6.45, 7) is 12.0. The van der Waals surface area contributed by atoms with Crippen molar-refractivity contribution in [3.63, 3.8) is 0 Å². The Bertz CT molecular complexity index is 1370. The Morgan fingerprint density at radius 1 is 1.12 bits per heavy atom. The van der Waals surface area contributed by atoms with Crippen molar-refractivity contribution < 1.29 is 27.9 Å². The van der Waals surface area contributed by atoms with Crippen LogP contribution in [0.3, 0.4) is 0 Å². The molecule has 3 aliphatic rings. The fourth-order valence-corrected chi connectivity index (χ4v) is 6.48. The predicted octanol–water partition coefficient (Wildman–Crippen LogP) is 5.40. The van der Waals surface area contributed by atoms with Gasteiger partial charge in [-0.3, -0.25) is 4.79 Å². The number of carbonyl (C=O) groups is 2. The zero-order valence-electron chi connectivity index (χ0n) is 22.8. The highest BCUT2D eigenvalue weighted by molar-refractivity contribution is 8.00. The predicted molar refractivity (Wildman–Crippen MR) is 151 cm³/mol. The molecule has 1 aromatic heterocycles. The van der Waals surface area contributed by atoms with Gasteiger partial charge in [0.1, 0.15) is 22.2 Å². The Hall–Kier alpha value is -3.81. The minimum Gasteiger partial charge on any atom is -0.475 e. The number of hydrogen-bond donors (Lipinski definition) is 2. The molecule has 0 spiro atoms. The molecule has 1 aliphatic carbocycles. The van der Waals surface area contributed by atoms with Crippen LogP contribution in [-0.2, 0) is 9.59 Å². The van der Waals surface area contributed by atoms with Gasteiger partial charge in [0.15, 0.2) is 0 Å². The van der Waals surface area contributed by atoms with E-state index in [1.165, 1.54) is 37.7 Å². The van der Waals surface area contributed by atoms with E-state index in [1.54, 1.807) is 0 Å².